The molecule has 3 rings (SSSR count). The number of hydrogen-bond acceptors (Lipinski definition) is 5. The maximum atomic E-state index is 9.10. The quantitative estimate of drug-likeness (QED) is 0.539. The van der Waals surface area contributed by atoms with E-state index in [1.54, 1.807) is 11.8 Å². The highest BCUT2D eigenvalue weighted by Gasteiger charge is 2.15. The second kappa shape index (κ2) is 12.8. The third-order valence-electron chi connectivity index (χ3n) is 4.69. The molecule has 0 radical (unpaired) electrons. The third-order valence-corrected chi connectivity index (χ3v) is 5.43. The van der Waals surface area contributed by atoms with Crippen LogP contribution in [0.15, 0.2) is 65.6 Å². The fraction of sp³-hybridized carbons (Fsp3) is 0.304. The van der Waals surface area contributed by atoms with Gasteiger partial charge in [-0.25, -0.2) is 9.59 Å². The second-order valence-electron chi connectivity index (χ2n) is 6.85. The van der Waals surface area contributed by atoms with Crippen LogP contribution < -0.4 is 0 Å². The van der Waals surface area contributed by atoms with Gasteiger partial charge in [0.1, 0.15) is 0 Å². The number of carboxylic acid groups (broad SMARTS) is 2. The molecule has 1 saturated heterocycles. The summed E-state index contributed by atoms with van der Waals surface area (Å²) in [5.41, 5.74) is 2.70. The number of benzene rings is 2. The van der Waals surface area contributed by atoms with Gasteiger partial charge in [-0.2, -0.15) is 0 Å². The van der Waals surface area contributed by atoms with Crippen LogP contribution in [0.25, 0.3) is 6.08 Å². The number of thioether (sulfide) groups is 1. The van der Waals surface area contributed by atoms with Crippen molar-refractivity contribution < 1.29 is 19.8 Å². The van der Waals surface area contributed by atoms with Gasteiger partial charge in [0.15, 0.2) is 0 Å². The number of hydrogen-bond donors (Lipinski definition) is 2. The van der Waals surface area contributed by atoms with Gasteiger partial charge in [0.25, 0.3) is 0 Å². The lowest BCUT2D eigenvalue weighted by molar-refractivity contribution is -0.159. The molecule has 2 aromatic rings. The van der Waals surface area contributed by atoms with Crippen molar-refractivity contribution in [3.63, 3.8) is 0 Å². The number of nitrogens with zero attached hydrogens (tertiary/aromatic N) is 2. The largest absolute Gasteiger partial charge is 0.473 e. The molecule has 0 unspecified atom stereocenters. The summed E-state index contributed by atoms with van der Waals surface area (Å²) >= 11 is 1.80. The smallest absolute Gasteiger partial charge is 0.414 e. The standard InChI is InChI=1S/C21H26N2S.C2H2O4/c1-24-21-11-9-20(10-12-21)18-23-16-14-22(15-17-23)13-5-8-19-6-3-2-4-7-19;3-1(4)2(5)6/h2-12H,13-18H2,1H3;(H,3,4)(H,5,6)/b8-5+;. The van der Waals surface area contributed by atoms with E-state index >= 15 is 0 Å². The van der Waals surface area contributed by atoms with Crippen LogP contribution in [0.5, 0.6) is 0 Å². The molecule has 0 bridgehead atoms. The Hall–Kier alpha value is -2.61. The second-order valence-corrected chi connectivity index (χ2v) is 7.73. The van der Waals surface area contributed by atoms with E-state index in [1.165, 1.54) is 16.0 Å². The Morgan fingerprint density at radius 2 is 1.47 bits per heavy atom. The minimum Gasteiger partial charge on any atom is -0.473 e. The van der Waals surface area contributed by atoms with E-state index in [9.17, 15) is 0 Å². The van der Waals surface area contributed by atoms with Crippen LogP contribution in [0.4, 0.5) is 0 Å². The minimum atomic E-state index is -1.82. The highest BCUT2D eigenvalue weighted by atomic mass is 32.2. The normalized spacial score (nSPS) is 14.8. The molecule has 30 heavy (non-hydrogen) atoms. The third kappa shape index (κ3) is 8.82. The topological polar surface area (TPSA) is 81.1 Å². The summed E-state index contributed by atoms with van der Waals surface area (Å²) in [6, 6.07) is 19.5. The summed E-state index contributed by atoms with van der Waals surface area (Å²) in [6.07, 6.45) is 6.63. The maximum Gasteiger partial charge on any atom is 0.414 e. The van der Waals surface area contributed by atoms with Crippen molar-refractivity contribution in [3.05, 3.63) is 71.8 Å². The van der Waals surface area contributed by atoms with Crippen LogP contribution in [0.2, 0.25) is 0 Å². The van der Waals surface area contributed by atoms with E-state index in [1.807, 2.05) is 0 Å². The SMILES string of the molecule is CSc1ccc(CN2CCN(C/C=C/c3ccccc3)CC2)cc1.O=C(O)C(=O)O. The van der Waals surface area contributed by atoms with Gasteiger partial charge in [0.2, 0.25) is 0 Å². The Bertz CT molecular complexity index is 805. The van der Waals surface area contributed by atoms with Gasteiger partial charge in [-0.3, -0.25) is 9.80 Å². The summed E-state index contributed by atoms with van der Waals surface area (Å²) in [4.78, 5) is 24.6. The summed E-state index contributed by atoms with van der Waals surface area (Å²) in [7, 11) is 0. The van der Waals surface area contributed by atoms with E-state index < -0.39 is 11.9 Å². The molecule has 0 spiro atoms. The number of aliphatic carboxylic acids is 2. The van der Waals surface area contributed by atoms with Gasteiger partial charge in [-0.1, -0.05) is 54.6 Å². The molecule has 1 heterocycles. The molecular formula is C23H28N2O4S. The van der Waals surface area contributed by atoms with Crippen molar-refractivity contribution in [1.82, 2.24) is 9.80 Å². The Morgan fingerprint density at radius 1 is 0.900 bits per heavy atom. The fourth-order valence-corrected chi connectivity index (χ4v) is 3.43. The average Bonchev–Trinajstić information content (AvgIpc) is 2.77. The van der Waals surface area contributed by atoms with Crippen LogP contribution in [0, 0.1) is 0 Å². The van der Waals surface area contributed by atoms with Crippen LogP contribution in [-0.4, -0.2) is 70.9 Å². The Labute approximate surface area is 181 Å². The molecule has 1 aliphatic rings. The number of rotatable bonds is 6. The van der Waals surface area contributed by atoms with Gasteiger partial charge >= 0.3 is 11.9 Å². The van der Waals surface area contributed by atoms with Crippen molar-refractivity contribution in [2.45, 2.75) is 11.4 Å². The van der Waals surface area contributed by atoms with E-state index in [-0.39, 0.29) is 0 Å². The summed E-state index contributed by atoms with van der Waals surface area (Å²) in [5, 5.41) is 14.8. The average molecular weight is 429 g/mol. The van der Waals surface area contributed by atoms with Crippen molar-refractivity contribution in [1.29, 1.82) is 0 Å². The highest BCUT2D eigenvalue weighted by molar-refractivity contribution is 7.98. The zero-order valence-electron chi connectivity index (χ0n) is 17.1. The number of carbonyl (C=O) groups is 2. The first-order chi connectivity index (χ1) is 14.5. The molecule has 2 N–H and O–H groups in total. The van der Waals surface area contributed by atoms with E-state index in [0.29, 0.717) is 0 Å². The number of piperazine rings is 1. The van der Waals surface area contributed by atoms with Gasteiger partial charge in [-0.05, 0) is 29.5 Å². The Morgan fingerprint density at radius 3 is 2.00 bits per heavy atom. The molecule has 7 heteroatoms. The monoisotopic (exact) mass is 428 g/mol. The summed E-state index contributed by atoms with van der Waals surface area (Å²) in [5.74, 6) is -3.65. The molecule has 1 aliphatic heterocycles. The van der Waals surface area contributed by atoms with Crippen LogP contribution >= 0.6 is 11.8 Å². The first kappa shape index (κ1) is 23.7. The summed E-state index contributed by atoms with van der Waals surface area (Å²) < 4.78 is 0. The van der Waals surface area contributed by atoms with Gasteiger partial charge in [-0.15, -0.1) is 11.8 Å². The number of carboxylic acids is 2. The van der Waals surface area contributed by atoms with Crippen LogP contribution in [0.3, 0.4) is 0 Å². The lowest BCUT2D eigenvalue weighted by Gasteiger charge is -2.34. The summed E-state index contributed by atoms with van der Waals surface area (Å²) in [6.45, 7) is 6.74. The first-order valence-corrected chi connectivity index (χ1v) is 11.0. The van der Waals surface area contributed by atoms with E-state index in [2.05, 4.69) is 82.8 Å². The Balaban J connectivity index is 0.000000469. The fourth-order valence-electron chi connectivity index (χ4n) is 3.02. The molecule has 2 aromatic carbocycles. The molecule has 0 aliphatic carbocycles. The Kier molecular flexibility index (Phi) is 10.1. The zero-order valence-corrected chi connectivity index (χ0v) is 17.9. The van der Waals surface area contributed by atoms with Crippen molar-refractivity contribution in [3.8, 4) is 0 Å². The molecule has 6 nitrogen and oxygen atoms in total. The predicted molar refractivity (Wildman–Crippen MR) is 121 cm³/mol. The molecule has 160 valence electrons. The minimum absolute atomic E-state index is 1.05. The molecular weight excluding hydrogens is 400 g/mol. The van der Waals surface area contributed by atoms with Gasteiger partial charge in [0.05, 0.1) is 0 Å². The maximum absolute atomic E-state index is 9.10. The van der Waals surface area contributed by atoms with Gasteiger partial charge < -0.3 is 10.2 Å². The van der Waals surface area contributed by atoms with Crippen molar-refractivity contribution >= 4 is 29.8 Å². The van der Waals surface area contributed by atoms with Crippen molar-refractivity contribution in [2.75, 3.05) is 39.0 Å². The van der Waals surface area contributed by atoms with Crippen molar-refractivity contribution in [2.24, 2.45) is 0 Å². The predicted octanol–water partition coefficient (Wildman–Crippen LogP) is 3.40. The van der Waals surface area contributed by atoms with E-state index in [0.717, 1.165) is 39.3 Å². The lowest BCUT2D eigenvalue weighted by atomic mass is 10.2. The lowest BCUT2D eigenvalue weighted by Crippen LogP contribution is -2.45. The van der Waals surface area contributed by atoms with Gasteiger partial charge in [0, 0.05) is 44.2 Å². The van der Waals surface area contributed by atoms with Crippen LogP contribution in [0.1, 0.15) is 11.1 Å². The zero-order chi connectivity index (χ0) is 21.8. The first-order valence-electron chi connectivity index (χ1n) is 9.73. The molecule has 0 amide bonds. The molecule has 0 atom stereocenters. The van der Waals surface area contributed by atoms with E-state index in [4.69, 9.17) is 19.8 Å². The highest BCUT2D eigenvalue weighted by Crippen LogP contribution is 2.16. The molecule has 1 fully saturated rings. The van der Waals surface area contributed by atoms with Crippen LogP contribution in [-0.2, 0) is 16.1 Å². The molecule has 0 saturated carbocycles. The molecule has 0 aromatic heterocycles.